The van der Waals surface area contributed by atoms with E-state index in [4.69, 9.17) is 9.90 Å². The summed E-state index contributed by atoms with van der Waals surface area (Å²) in [7, 11) is -0.905. The average molecular weight is 2670 g/mol. The number of halogens is 44. The van der Waals surface area contributed by atoms with Crippen molar-refractivity contribution in [3.8, 4) is 0 Å². The number of benzene rings is 6. The highest BCUT2D eigenvalue weighted by Gasteiger charge is 2.99. The van der Waals surface area contributed by atoms with Gasteiger partial charge in [-0.25, -0.2) is 0 Å². The molecule has 6 aromatic carbocycles. The van der Waals surface area contributed by atoms with E-state index in [1.54, 1.807) is 0 Å². The van der Waals surface area contributed by atoms with E-state index in [1.807, 2.05) is 0 Å². The van der Waals surface area contributed by atoms with E-state index in [2.05, 4.69) is 360 Å². The predicted octanol–water partition coefficient (Wildman–Crippen LogP) is 28.2. The van der Waals surface area contributed by atoms with Crippen molar-refractivity contribution in [3.05, 3.63) is 153 Å². The summed E-state index contributed by atoms with van der Waals surface area (Å²) in [6, 6.07) is 24.9. The molecule has 4 nitrogen and oxygen atoms in total. The molecule has 0 bridgehead atoms. The van der Waals surface area contributed by atoms with Gasteiger partial charge in [-0.05, 0) is 264 Å². The number of hydrogen-bond donors (Lipinski definition) is 0. The molecule has 0 saturated heterocycles. The van der Waals surface area contributed by atoms with Crippen molar-refractivity contribution < 1.29 is 134 Å². The summed E-state index contributed by atoms with van der Waals surface area (Å²) in [5.41, 5.74) is 0. The number of alkyl halides is 26. The van der Waals surface area contributed by atoms with Crippen molar-refractivity contribution in [2.45, 2.75) is 101 Å². The Hall–Kier alpha value is 1.78. The Balaban J connectivity index is 0.000000375. The summed E-state index contributed by atoms with van der Waals surface area (Å²) in [6.45, 7) is 0. The van der Waals surface area contributed by atoms with Crippen molar-refractivity contribution in [1.29, 1.82) is 0 Å². The number of carboxylic acid groups (broad SMARTS) is 2. The van der Waals surface area contributed by atoms with Gasteiger partial charge in [0.05, 0.1) is 53.7 Å². The molecule has 0 aliphatic rings. The quantitative estimate of drug-likeness (QED) is 0.0714. The summed E-state index contributed by atoms with van der Waals surface area (Å²) in [5.74, 6) is -98.1. The lowest BCUT2D eigenvalue weighted by Gasteiger charge is -2.45. The molecule has 0 fully saturated rings. The number of carbonyl (C=O) groups excluding carboxylic acids is 2. The molecule has 6 rings (SSSR count). The van der Waals surface area contributed by atoms with Crippen LogP contribution in [0.3, 0.4) is 0 Å². The maximum Gasteiger partial charge on any atom is 0.460 e. The van der Waals surface area contributed by atoms with Crippen molar-refractivity contribution in [3.63, 3.8) is 0 Å². The minimum Gasteiger partial charge on any atom is -0.544 e. The van der Waals surface area contributed by atoms with Gasteiger partial charge in [-0.2, -0.15) is 114 Å². The highest BCUT2D eigenvalue weighted by Crippen LogP contribution is 2.67. The summed E-state index contributed by atoms with van der Waals surface area (Å²) in [6.07, 6.45) is -13.3. The van der Waals surface area contributed by atoms with Gasteiger partial charge in [0.15, 0.2) is 29.4 Å². The fourth-order valence-electron chi connectivity index (χ4n) is 6.84. The molecule has 0 aliphatic heterocycles. The minimum absolute atomic E-state index is 0.453. The van der Waals surface area contributed by atoms with E-state index in [0.29, 0.717) is 0 Å². The summed E-state index contributed by atoms with van der Waals surface area (Å²) >= 11 is 66.9. The molecule has 0 radical (unpaired) electrons. The topological polar surface area (TPSA) is 80.3 Å². The molecule has 50 heteroatoms. The molecular weight excluding hydrogens is 2660 g/mol. The molecule has 0 heterocycles. The fraction of sp³-hybridized carbons (Fsp3) is 0.240. The second kappa shape index (κ2) is 34.8. The van der Waals surface area contributed by atoms with Crippen LogP contribution in [0.5, 0.6) is 0 Å². The van der Waals surface area contributed by atoms with Gasteiger partial charge in [-0.15, -0.1) is 0 Å². The van der Waals surface area contributed by atoms with E-state index in [9.17, 15) is 124 Å². The van der Waals surface area contributed by atoms with Crippen LogP contribution in [0.25, 0.3) is 0 Å². The van der Waals surface area contributed by atoms with Gasteiger partial charge in [0.25, 0.3) is 0 Å². The molecule has 0 spiro atoms. The van der Waals surface area contributed by atoms with Crippen LogP contribution >= 0.6 is 287 Å². The van der Waals surface area contributed by atoms with Crippen LogP contribution in [0.1, 0.15) is 0 Å². The first kappa shape index (κ1) is 96.0. The standard InChI is InChI=1S/2C18H6Br9S.C12HF23O2.C2HF3O2/c2*19-7-1-10(22)16(11(23)2-7)28(17-12(24)3-8(20)4-13(17)25)18-14(26)5-9(21)6-15(18)27;13-2(14,1(36)37)3(15,16)4(17,18)5(19,20)6(21,22)7(23,24)8(25,26)9(27,28)10(29,30)11(31,32)12(33,34)35;3-2(4,5)1(6)7/h2*1-6H;(H,36,37);(H,6,7)/q2*+1;;/p-2. The van der Waals surface area contributed by atoms with E-state index >= 15 is 0 Å². The van der Waals surface area contributed by atoms with Crippen LogP contribution < -0.4 is 10.2 Å². The van der Waals surface area contributed by atoms with Gasteiger partial charge in [0.1, 0.15) is 33.7 Å². The van der Waals surface area contributed by atoms with E-state index in [1.165, 1.54) is 0 Å². The number of carboxylic acids is 2. The van der Waals surface area contributed by atoms with Gasteiger partial charge in [0, 0.05) is 26.8 Å². The van der Waals surface area contributed by atoms with Crippen molar-refractivity contribution in [2.24, 2.45) is 0 Å². The monoisotopic (exact) mass is 2650 g/mol. The van der Waals surface area contributed by atoms with Crippen LogP contribution in [0.2, 0.25) is 0 Å². The number of aliphatic carboxylic acids is 2. The van der Waals surface area contributed by atoms with Crippen molar-refractivity contribution in [1.82, 2.24) is 0 Å². The zero-order valence-corrected chi connectivity index (χ0v) is 75.2. The molecule has 0 aromatic heterocycles. The first-order valence-corrected chi connectivity index (χ1v) is 40.0. The Morgan fingerprint density at radius 1 is 0.230 bits per heavy atom. The third kappa shape index (κ3) is 19.4. The Labute approximate surface area is 699 Å². The second-order valence-corrected chi connectivity index (χ2v) is 37.5. The molecule has 0 saturated carbocycles. The second-order valence-electron chi connectivity index (χ2n) is 18.1. The van der Waals surface area contributed by atoms with Crippen LogP contribution in [-0.2, 0) is 31.4 Å². The SMILES string of the molecule is Brc1cc(Br)c([S+](c2c(Br)cc(Br)cc2Br)c2c(Br)cc(Br)cc2Br)c(Br)c1.Brc1cc(Br)c([S+](c2c(Br)cc(Br)cc2Br)c2c(Br)cc(Br)cc2Br)c(Br)c1.O=C([O-])C(F)(F)C(F)(F)C(F)(F)C(F)(F)C(F)(F)C(F)(F)C(F)(F)C(F)(F)C(F)(F)C(F)(F)C(F)(F)F.O=C([O-])C(F)(F)F. The van der Waals surface area contributed by atoms with E-state index in [0.717, 1.165) is 110 Å². The van der Waals surface area contributed by atoms with Gasteiger partial charge < -0.3 is 19.8 Å². The number of rotatable bonds is 16. The molecule has 100 heavy (non-hydrogen) atoms. The summed E-state index contributed by atoms with van der Waals surface area (Å²) < 4.78 is 347. The third-order valence-corrected chi connectivity index (χ3v) is 29.9. The normalized spacial score (nSPS) is 13.3. The summed E-state index contributed by atoms with van der Waals surface area (Å²) in [4.78, 5) is 25.4. The van der Waals surface area contributed by atoms with Gasteiger partial charge >= 0.3 is 71.6 Å². The van der Waals surface area contributed by atoms with E-state index in [-0.39, 0.29) is 0 Å². The Kier molecular flexibility index (Phi) is 33.4. The average Bonchev–Trinajstić information content (AvgIpc) is 0.682. The molecule has 0 N–H and O–H groups in total. The van der Waals surface area contributed by atoms with Gasteiger partial charge in [0.2, 0.25) is 0 Å². The highest BCUT2D eigenvalue weighted by atomic mass is 79.9. The third-order valence-electron chi connectivity index (χ3n) is 11.4. The zero-order valence-electron chi connectivity index (χ0n) is 45.0. The Bertz CT molecular complexity index is 3510. The van der Waals surface area contributed by atoms with Gasteiger partial charge in [-0.1, -0.05) is 95.6 Å². The molecule has 556 valence electrons. The Morgan fingerprint density at radius 3 is 0.460 bits per heavy atom. The fourth-order valence-corrected chi connectivity index (χ4v) is 30.5. The summed E-state index contributed by atoms with van der Waals surface area (Å²) in [5, 5.41) is 18.5. The molecule has 0 atom stereocenters. The van der Waals surface area contributed by atoms with Crippen LogP contribution in [-0.4, -0.2) is 83.5 Å². The Morgan fingerprint density at radius 2 is 0.350 bits per heavy atom. The molecule has 0 unspecified atom stereocenters. The highest BCUT2D eigenvalue weighted by molar-refractivity contribution is 9.14. The minimum atomic E-state index is -9.52. The first-order chi connectivity index (χ1) is 44.6. The van der Waals surface area contributed by atoms with Crippen LogP contribution in [0.15, 0.2) is 183 Å². The van der Waals surface area contributed by atoms with Crippen LogP contribution in [0.4, 0.5) is 114 Å². The maximum atomic E-state index is 13.3. The molecular formula is C50H12Br18F26O4S2. The number of hydrogen-bond acceptors (Lipinski definition) is 4. The maximum absolute atomic E-state index is 13.3. The largest absolute Gasteiger partial charge is 0.544 e. The van der Waals surface area contributed by atoms with Gasteiger partial charge in [-0.3, -0.25) is 0 Å². The molecule has 0 amide bonds. The number of carbonyl (C=O) groups is 2. The zero-order chi connectivity index (χ0) is 78.7. The van der Waals surface area contributed by atoms with Crippen molar-refractivity contribution in [2.75, 3.05) is 0 Å². The molecule has 6 aromatic rings. The van der Waals surface area contributed by atoms with Crippen molar-refractivity contribution >= 4 is 320 Å². The smallest absolute Gasteiger partial charge is 0.460 e. The predicted molar refractivity (Wildman–Crippen MR) is 373 cm³/mol. The van der Waals surface area contributed by atoms with Crippen LogP contribution in [0, 0.1) is 0 Å². The first-order valence-electron chi connectivity index (χ1n) is 23.3. The lowest BCUT2D eigenvalue weighted by atomic mass is 9.85. The lowest BCUT2D eigenvalue weighted by molar-refractivity contribution is -0.479. The lowest BCUT2D eigenvalue weighted by Crippen LogP contribution is -2.78. The molecule has 0 aliphatic carbocycles. The van der Waals surface area contributed by atoms with E-state index < -0.39 is 105 Å².